The number of carbonyl (C=O) groups is 2. The average molecular weight is 415 g/mol. The summed E-state index contributed by atoms with van der Waals surface area (Å²) in [5, 5.41) is 9.57. The third kappa shape index (κ3) is 6.40. The molecule has 3 rings (SSSR count). The van der Waals surface area contributed by atoms with E-state index >= 15 is 0 Å². The molecule has 3 aromatic rings. The first kappa shape index (κ1) is 21.5. The molecule has 0 spiro atoms. The van der Waals surface area contributed by atoms with Crippen molar-refractivity contribution in [3.05, 3.63) is 95.8 Å². The average Bonchev–Trinajstić information content (AvgIpc) is 2.78. The van der Waals surface area contributed by atoms with Crippen LogP contribution in [0.2, 0.25) is 0 Å². The molecule has 0 atom stereocenters. The Balaban J connectivity index is 1.69. The quantitative estimate of drug-likeness (QED) is 0.408. The fourth-order valence-corrected chi connectivity index (χ4v) is 2.74. The summed E-state index contributed by atoms with van der Waals surface area (Å²) in [6.45, 7) is 2.09. The van der Waals surface area contributed by atoms with Crippen molar-refractivity contribution in [1.29, 1.82) is 0 Å². The number of carbonyl (C=O) groups excluding carboxylic acids is 1. The summed E-state index contributed by atoms with van der Waals surface area (Å²) >= 11 is 0. The summed E-state index contributed by atoms with van der Waals surface area (Å²) in [5.74, 6) is -0.222. The number of aliphatic carboxylic acids is 1. The highest BCUT2D eigenvalue weighted by molar-refractivity contribution is 6.20. The summed E-state index contributed by atoms with van der Waals surface area (Å²) in [7, 11) is 0. The Hall–Kier alpha value is -4.19. The monoisotopic (exact) mass is 415 g/mol. The topological polar surface area (TPSA) is 85.7 Å². The van der Waals surface area contributed by atoms with E-state index in [1.165, 1.54) is 6.08 Å². The van der Waals surface area contributed by atoms with E-state index in [2.05, 4.69) is 4.98 Å². The number of carboxylic acid groups (broad SMARTS) is 1. The van der Waals surface area contributed by atoms with Crippen LogP contribution in [-0.2, 0) is 14.3 Å². The van der Waals surface area contributed by atoms with E-state index in [0.717, 1.165) is 5.56 Å². The van der Waals surface area contributed by atoms with Gasteiger partial charge in [-0.05, 0) is 66.1 Å². The first-order valence-electron chi connectivity index (χ1n) is 9.63. The number of rotatable bonds is 8. The highest BCUT2D eigenvalue weighted by atomic mass is 16.5. The number of carboxylic acids is 1. The lowest BCUT2D eigenvalue weighted by Crippen LogP contribution is -1.99. The molecule has 0 saturated heterocycles. The Morgan fingerprint density at radius 2 is 1.65 bits per heavy atom. The van der Waals surface area contributed by atoms with Gasteiger partial charge in [-0.2, -0.15) is 0 Å². The Labute approximate surface area is 180 Å². The highest BCUT2D eigenvalue weighted by Gasteiger charge is 2.11. The Morgan fingerprint density at radius 1 is 0.968 bits per heavy atom. The molecular formula is C25H21NO5. The molecule has 6 nitrogen and oxygen atoms in total. The van der Waals surface area contributed by atoms with Crippen LogP contribution in [0, 0.1) is 0 Å². The first-order chi connectivity index (χ1) is 15.0. The number of aromatic nitrogens is 1. The third-order valence-electron chi connectivity index (χ3n) is 4.21. The van der Waals surface area contributed by atoms with Gasteiger partial charge in [0.25, 0.3) is 0 Å². The van der Waals surface area contributed by atoms with Crippen LogP contribution in [-0.4, -0.2) is 28.6 Å². The van der Waals surface area contributed by atoms with Crippen LogP contribution in [0.15, 0.2) is 79.1 Å². The molecule has 31 heavy (non-hydrogen) atoms. The largest absolute Gasteiger partial charge is 0.478 e. The second-order valence-electron chi connectivity index (χ2n) is 6.43. The number of esters is 1. The molecule has 6 heteroatoms. The van der Waals surface area contributed by atoms with Crippen LogP contribution in [0.4, 0.5) is 0 Å². The maximum atomic E-state index is 11.7. The number of hydrogen-bond acceptors (Lipinski definition) is 5. The van der Waals surface area contributed by atoms with Gasteiger partial charge in [-0.25, -0.2) is 9.59 Å². The number of benzene rings is 2. The predicted molar refractivity (Wildman–Crippen MR) is 118 cm³/mol. The van der Waals surface area contributed by atoms with Gasteiger partial charge in [0.1, 0.15) is 11.5 Å². The van der Waals surface area contributed by atoms with Crippen LogP contribution in [0.1, 0.15) is 23.6 Å². The van der Waals surface area contributed by atoms with Gasteiger partial charge in [0, 0.05) is 18.5 Å². The maximum Gasteiger partial charge on any atom is 0.336 e. The van der Waals surface area contributed by atoms with Crippen LogP contribution in [0.5, 0.6) is 11.5 Å². The van der Waals surface area contributed by atoms with E-state index in [1.807, 2.05) is 12.1 Å². The lowest BCUT2D eigenvalue weighted by atomic mass is 10.0. The molecule has 1 N–H and O–H groups in total. The smallest absolute Gasteiger partial charge is 0.336 e. The zero-order valence-electron chi connectivity index (χ0n) is 16.9. The molecule has 2 aromatic carbocycles. The lowest BCUT2D eigenvalue weighted by Gasteiger charge is -2.08. The van der Waals surface area contributed by atoms with Gasteiger partial charge in [-0.3, -0.25) is 4.98 Å². The van der Waals surface area contributed by atoms with Crippen molar-refractivity contribution in [2.75, 3.05) is 6.61 Å². The number of ether oxygens (including phenoxy) is 2. The molecule has 0 unspecified atom stereocenters. The fraction of sp³-hybridized carbons (Fsp3) is 0.0800. The van der Waals surface area contributed by atoms with Crippen LogP contribution >= 0.6 is 0 Å². The first-order valence-corrected chi connectivity index (χ1v) is 9.63. The minimum absolute atomic E-state index is 0.164. The zero-order chi connectivity index (χ0) is 22.1. The summed E-state index contributed by atoms with van der Waals surface area (Å²) in [6.07, 6.45) is 7.85. The minimum Gasteiger partial charge on any atom is -0.478 e. The number of nitrogens with zero attached hydrogens (tertiary/aromatic N) is 1. The molecule has 0 saturated carbocycles. The van der Waals surface area contributed by atoms with Crippen LogP contribution in [0.25, 0.3) is 17.7 Å². The zero-order valence-corrected chi connectivity index (χ0v) is 16.9. The SMILES string of the molecule is CCOC(=O)/C=C/c1ccc(Oc2ccc(/C(=C/c3cccnc3)C(=O)O)cc2)cc1. The van der Waals surface area contributed by atoms with Gasteiger partial charge in [0.05, 0.1) is 12.2 Å². The van der Waals surface area contributed by atoms with Crippen LogP contribution < -0.4 is 4.74 Å². The van der Waals surface area contributed by atoms with Crippen molar-refractivity contribution in [3.8, 4) is 11.5 Å². The molecule has 1 heterocycles. The van der Waals surface area contributed by atoms with E-state index in [4.69, 9.17) is 9.47 Å². The van der Waals surface area contributed by atoms with Crippen molar-refractivity contribution >= 4 is 29.7 Å². The summed E-state index contributed by atoms with van der Waals surface area (Å²) in [6, 6.07) is 17.6. The maximum absolute atomic E-state index is 11.7. The van der Waals surface area contributed by atoms with E-state index in [0.29, 0.717) is 29.2 Å². The molecule has 0 radical (unpaired) electrons. The number of hydrogen-bond donors (Lipinski definition) is 1. The van der Waals surface area contributed by atoms with Crippen molar-refractivity contribution in [2.24, 2.45) is 0 Å². The summed E-state index contributed by atoms with van der Waals surface area (Å²) in [4.78, 5) is 27.1. The molecular weight excluding hydrogens is 394 g/mol. The molecule has 0 aliphatic carbocycles. The number of pyridine rings is 1. The Kier molecular flexibility index (Phi) is 7.32. The van der Waals surface area contributed by atoms with Crippen molar-refractivity contribution in [1.82, 2.24) is 4.98 Å². The molecule has 1 aromatic heterocycles. The standard InChI is InChI=1S/C25H21NO5/c1-2-30-24(27)14-7-18-5-10-21(11-6-18)31-22-12-8-20(9-13-22)23(25(28)29)16-19-4-3-15-26-17-19/h3-17H,2H2,1H3,(H,28,29)/b14-7+,23-16-. The van der Waals surface area contributed by atoms with E-state index in [9.17, 15) is 14.7 Å². The highest BCUT2D eigenvalue weighted by Crippen LogP contribution is 2.25. The van der Waals surface area contributed by atoms with Gasteiger partial charge in [-0.1, -0.05) is 30.3 Å². The molecule has 0 aliphatic heterocycles. The lowest BCUT2D eigenvalue weighted by molar-refractivity contribution is -0.137. The van der Waals surface area contributed by atoms with E-state index < -0.39 is 5.97 Å². The van der Waals surface area contributed by atoms with E-state index in [1.54, 1.807) is 80.0 Å². The van der Waals surface area contributed by atoms with Crippen molar-refractivity contribution < 1.29 is 24.2 Å². The second kappa shape index (κ2) is 10.5. The van der Waals surface area contributed by atoms with Gasteiger partial charge >= 0.3 is 11.9 Å². The fourth-order valence-electron chi connectivity index (χ4n) is 2.74. The summed E-state index contributed by atoms with van der Waals surface area (Å²) < 4.78 is 10.7. The van der Waals surface area contributed by atoms with Gasteiger partial charge in [0.2, 0.25) is 0 Å². The predicted octanol–water partition coefficient (Wildman–Crippen LogP) is 5.08. The Morgan fingerprint density at radius 3 is 2.23 bits per heavy atom. The molecule has 0 aliphatic rings. The van der Waals surface area contributed by atoms with Gasteiger partial charge in [-0.15, -0.1) is 0 Å². The van der Waals surface area contributed by atoms with E-state index in [-0.39, 0.29) is 11.5 Å². The molecule has 0 amide bonds. The summed E-state index contributed by atoms with van der Waals surface area (Å²) in [5.41, 5.74) is 2.26. The molecule has 0 fully saturated rings. The minimum atomic E-state index is -1.02. The third-order valence-corrected chi connectivity index (χ3v) is 4.21. The van der Waals surface area contributed by atoms with Crippen LogP contribution in [0.3, 0.4) is 0 Å². The normalized spacial score (nSPS) is 11.3. The molecule has 0 bridgehead atoms. The second-order valence-corrected chi connectivity index (χ2v) is 6.43. The van der Waals surface area contributed by atoms with Gasteiger partial charge in [0.15, 0.2) is 0 Å². The molecule has 156 valence electrons. The van der Waals surface area contributed by atoms with Crippen molar-refractivity contribution in [3.63, 3.8) is 0 Å². The van der Waals surface area contributed by atoms with Gasteiger partial charge < -0.3 is 14.6 Å². The van der Waals surface area contributed by atoms with Crippen molar-refractivity contribution in [2.45, 2.75) is 6.92 Å². The Bertz CT molecular complexity index is 1090.